The molecule has 0 amide bonds. The van der Waals surface area contributed by atoms with E-state index < -0.39 is 3.79 Å². The number of hydrogen-bond acceptors (Lipinski definition) is 2. The first-order chi connectivity index (χ1) is 7.88. The minimum absolute atomic E-state index is 0.127. The van der Waals surface area contributed by atoms with Crippen LogP contribution in [0.4, 0.5) is 0 Å². The number of halogens is 3. The molecule has 93 valence electrons. The van der Waals surface area contributed by atoms with Crippen molar-refractivity contribution in [2.45, 2.75) is 10.7 Å². The fraction of sp³-hybridized carbons (Fsp3) is 0.333. The minimum Gasteiger partial charge on any atom is -0.497 e. The van der Waals surface area contributed by atoms with Gasteiger partial charge in [0, 0.05) is 11.6 Å². The molecule has 0 atom stereocenters. The second-order valence-corrected chi connectivity index (χ2v) is 5.52. The van der Waals surface area contributed by atoms with Gasteiger partial charge in [0.05, 0.1) is 13.7 Å². The van der Waals surface area contributed by atoms with Crippen molar-refractivity contribution in [3.63, 3.8) is 0 Å². The highest BCUT2D eigenvalue weighted by atomic mass is 35.6. The van der Waals surface area contributed by atoms with Gasteiger partial charge in [-0.15, -0.1) is 0 Å². The van der Waals surface area contributed by atoms with Crippen LogP contribution in [-0.4, -0.2) is 17.5 Å². The van der Waals surface area contributed by atoms with Gasteiger partial charge in [0.2, 0.25) is 3.79 Å². The molecule has 0 heterocycles. The molecule has 0 aliphatic carbocycles. The molecule has 0 spiro atoms. The molecular formula is C12H12Cl3O2. The topological polar surface area (TPSA) is 18.5 Å². The van der Waals surface area contributed by atoms with E-state index in [1.807, 2.05) is 6.92 Å². The van der Waals surface area contributed by atoms with Gasteiger partial charge in [-0.25, -0.2) is 0 Å². The molecule has 0 saturated heterocycles. The van der Waals surface area contributed by atoms with Crippen LogP contribution in [0.3, 0.4) is 0 Å². The van der Waals surface area contributed by atoms with E-state index in [1.165, 1.54) is 0 Å². The van der Waals surface area contributed by atoms with Gasteiger partial charge >= 0.3 is 0 Å². The molecule has 0 unspecified atom stereocenters. The minimum atomic E-state index is -1.66. The lowest BCUT2D eigenvalue weighted by Gasteiger charge is -2.16. The van der Waals surface area contributed by atoms with Crippen molar-refractivity contribution in [1.29, 1.82) is 0 Å². The molecule has 0 saturated carbocycles. The Bertz CT molecular complexity index is 411. The Morgan fingerprint density at radius 3 is 2.29 bits per heavy atom. The Balaban J connectivity index is 3.15. The molecule has 0 N–H and O–H groups in total. The maximum Gasteiger partial charge on any atom is 0.216 e. The molecule has 1 aromatic rings. The molecule has 1 aromatic carbocycles. The van der Waals surface area contributed by atoms with Crippen LogP contribution < -0.4 is 9.47 Å². The van der Waals surface area contributed by atoms with Crippen LogP contribution in [0.5, 0.6) is 11.5 Å². The summed E-state index contributed by atoms with van der Waals surface area (Å²) < 4.78 is 8.84. The van der Waals surface area contributed by atoms with Crippen molar-refractivity contribution < 1.29 is 9.47 Å². The fourth-order valence-corrected chi connectivity index (χ4v) is 1.59. The van der Waals surface area contributed by atoms with E-state index in [-0.39, 0.29) is 5.57 Å². The monoisotopic (exact) mass is 293 g/mol. The molecule has 2 nitrogen and oxygen atoms in total. The van der Waals surface area contributed by atoms with Gasteiger partial charge in [-0.3, -0.25) is 0 Å². The summed E-state index contributed by atoms with van der Waals surface area (Å²) in [5.41, 5.74) is 0.690. The molecule has 0 aliphatic rings. The van der Waals surface area contributed by atoms with E-state index in [0.717, 1.165) is 0 Å². The van der Waals surface area contributed by atoms with Crippen molar-refractivity contribution in [3.05, 3.63) is 30.3 Å². The third-order valence-corrected chi connectivity index (χ3v) is 2.65. The zero-order valence-corrected chi connectivity index (χ0v) is 11.7. The Morgan fingerprint density at radius 2 is 1.82 bits per heavy atom. The lowest BCUT2D eigenvalue weighted by Crippen LogP contribution is -2.05. The van der Waals surface area contributed by atoms with Gasteiger partial charge in [0.25, 0.3) is 0 Å². The van der Waals surface area contributed by atoms with Crippen LogP contribution in [0, 0.1) is 6.58 Å². The third kappa shape index (κ3) is 3.98. The summed E-state index contributed by atoms with van der Waals surface area (Å²) in [5.74, 6) is 1.20. The SMILES string of the molecule is [CH]=C(c1cc(OC)cc(OCC)c1)C(Cl)(Cl)Cl. The van der Waals surface area contributed by atoms with Crippen molar-refractivity contribution in [2.75, 3.05) is 13.7 Å². The Kier molecular flexibility index (Phi) is 4.99. The second-order valence-electron chi connectivity index (χ2n) is 3.24. The van der Waals surface area contributed by atoms with E-state index >= 15 is 0 Å². The zero-order chi connectivity index (χ0) is 13.1. The summed E-state index contributed by atoms with van der Waals surface area (Å²) >= 11 is 17.2. The van der Waals surface area contributed by atoms with E-state index in [4.69, 9.17) is 50.9 Å². The van der Waals surface area contributed by atoms with E-state index in [9.17, 15) is 0 Å². The predicted molar refractivity (Wildman–Crippen MR) is 72.2 cm³/mol. The van der Waals surface area contributed by atoms with Crippen molar-refractivity contribution in [2.24, 2.45) is 0 Å². The highest BCUT2D eigenvalue weighted by Gasteiger charge is 2.26. The van der Waals surface area contributed by atoms with Crippen molar-refractivity contribution in [1.82, 2.24) is 0 Å². The zero-order valence-electron chi connectivity index (χ0n) is 9.47. The van der Waals surface area contributed by atoms with E-state index in [1.54, 1.807) is 25.3 Å². The number of ether oxygens (including phenoxy) is 2. The number of alkyl halides is 3. The van der Waals surface area contributed by atoms with Crippen molar-refractivity contribution >= 4 is 40.4 Å². The third-order valence-electron chi connectivity index (χ3n) is 2.04. The first kappa shape index (κ1) is 14.5. The molecule has 17 heavy (non-hydrogen) atoms. The lowest BCUT2D eigenvalue weighted by molar-refractivity contribution is 0.336. The van der Waals surface area contributed by atoms with Gasteiger partial charge in [0.1, 0.15) is 11.5 Å². The smallest absolute Gasteiger partial charge is 0.216 e. The largest absolute Gasteiger partial charge is 0.497 e. The Hall–Kier alpha value is -0.570. The number of hydrogen-bond donors (Lipinski definition) is 0. The van der Waals surface area contributed by atoms with Crippen LogP contribution >= 0.6 is 34.8 Å². The average molecular weight is 295 g/mol. The number of methoxy groups -OCH3 is 1. The number of benzene rings is 1. The first-order valence-corrected chi connectivity index (χ1v) is 6.03. The summed E-state index contributed by atoms with van der Waals surface area (Å²) in [6, 6.07) is 5.11. The van der Waals surface area contributed by atoms with E-state index in [0.29, 0.717) is 23.7 Å². The summed E-state index contributed by atoms with van der Waals surface area (Å²) in [4.78, 5) is 0. The lowest BCUT2D eigenvalue weighted by atomic mass is 10.1. The van der Waals surface area contributed by atoms with Gasteiger partial charge in [-0.05, 0) is 24.6 Å². The van der Waals surface area contributed by atoms with Crippen LogP contribution in [0.1, 0.15) is 12.5 Å². The fourth-order valence-electron chi connectivity index (χ4n) is 1.26. The van der Waals surface area contributed by atoms with E-state index in [2.05, 4.69) is 0 Å². The van der Waals surface area contributed by atoms with Gasteiger partial charge < -0.3 is 9.47 Å². The summed E-state index contributed by atoms with van der Waals surface area (Å²) in [6.07, 6.45) is 0. The first-order valence-electron chi connectivity index (χ1n) is 4.90. The van der Waals surface area contributed by atoms with Crippen LogP contribution in [0.25, 0.3) is 5.57 Å². The maximum absolute atomic E-state index is 5.77. The molecule has 5 heteroatoms. The molecule has 0 aliphatic heterocycles. The summed E-state index contributed by atoms with van der Waals surface area (Å²) in [5, 5.41) is 0. The molecule has 0 aromatic heterocycles. The highest BCUT2D eigenvalue weighted by Crippen LogP contribution is 2.41. The predicted octanol–water partition coefficient (Wildman–Crippen LogP) is 4.28. The molecule has 1 radical (unpaired) electrons. The quantitative estimate of drug-likeness (QED) is 0.772. The molecular weight excluding hydrogens is 282 g/mol. The van der Waals surface area contributed by atoms with Crippen LogP contribution in [0.15, 0.2) is 18.2 Å². The van der Waals surface area contributed by atoms with Gasteiger partial charge in [-0.1, -0.05) is 41.4 Å². The van der Waals surface area contributed by atoms with Gasteiger partial charge in [0.15, 0.2) is 0 Å². The molecule has 1 rings (SSSR count). The number of rotatable bonds is 4. The summed E-state index contributed by atoms with van der Waals surface area (Å²) in [6.45, 7) is 8.17. The Morgan fingerprint density at radius 1 is 1.24 bits per heavy atom. The highest BCUT2D eigenvalue weighted by molar-refractivity contribution is 6.72. The molecule has 0 bridgehead atoms. The number of allylic oxidation sites excluding steroid dienone is 1. The Labute approximate surface area is 116 Å². The standard InChI is InChI=1S/C12H12Cl3O2/c1-4-17-11-6-9(5-10(7-11)16-3)8(2)12(13,14)15/h2,5-7H,4H2,1,3H3. The van der Waals surface area contributed by atoms with Crippen LogP contribution in [0.2, 0.25) is 0 Å². The summed E-state index contributed by atoms with van der Waals surface area (Å²) in [7, 11) is 1.54. The molecule has 0 fully saturated rings. The second kappa shape index (κ2) is 5.85. The van der Waals surface area contributed by atoms with Crippen molar-refractivity contribution in [3.8, 4) is 11.5 Å². The maximum atomic E-state index is 5.77. The van der Waals surface area contributed by atoms with Gasteiger partial charge in [-0.2, -0.15) is 0 Å². The normalized spacial score (nSPS) is 11.1. The average Bonchev–Trinajstić information content (AvgIpc) is 2.26. The van der Waals surface area contributed by atoms with Crippen LogP contribution in [-0.2, 0) is 0 Å².